The Bertz CT molecular complexity index is 1540. The summed E-state index contributed by atoms with van der Waals surface area (Å²) >= 11 is 1.54. The fourth-order valence-corrected chi connectivity index (χ4v) is 5.02. The van der Waals surface area contributed by atoms with E-state index in [1.165, 1.54) is 11.3 Å². The Morgan fingerprint density at radius 2 is 1.91 bits per heavy atom. The Labute approximate surface area is 199 Å². The zero-order valence-electron chi connectivity index (χ0n) is 18.5. The highest BCUT2D eigenvalue weighted by Crippen LogP contribution is 2.35. The van der Waals surface area contributed by atoms with Crippen molar-refractivity contribution in [1.29, 1.82) is 5.26 Å². The van der Waals surface area contributed by atoms with Crippen molar-refractivity contribution < 1.29 is 9.59 Å². The molecule has 0 bridgehead atoms. The number of hydrogen-bond donors (Lipinski definition) is 0. The van der Waals surface area contributed by atoms with Crippen LogP contribution in [0.3, 0.4) is 0 Å². The van der Waals surface area contributed by atoms with Gasteiger partial charge in [-0.3, -0.25) is 24.0 Å². The van der Waals surface area contributed by atoms with Crippen molar-refractivity contribution in [2.75, 3.05) is 6.54 Å². The standard InChI is InChI=1S/C26H19N5O2S/c1-3-30-25(32)20(16(2)21(14-27)26(30)33)12-19-13-22-23(31(19)18-9-5-4-6-10-18)29-24(34-22)17-8-7-11-28-15-17/h4-13,15H,3H2,1-2H3/b20-12-. The number of thiazole rings is 1. The van der Waals surface area contributed by atoms with Crippen LogP contribution in [0, 0.1) is 11.3 Å². The number of carbonyl (C=O) groups is 2. The van der Waals surface area contributed by atoms with Crippen LogP contribution in [-0.2, 0) is 9.59 Å². The monoisotopic (exact) mass is 465 g/mol. The van der Waals surface area contributed by atoms with Crippen LogP contribution in [0.5, 0.6) is 0 Å². The second-order valence-corrected chi connectivity index (χ2v) is 8.74. The molecule has 0 fully saturated rings. The van der Waals surface area contributed by atoms with E-state index in [-0.39, 0.29) is 12.1 Å². The molecule has 34 heavy (non-hydrogen) atoms. The van der Waals surface area contributed by atoms with Crippen molar-refractivity contribution in [3.8, 4) is 22.3 Å². The summed E-state index contributed by atoms with van der Waals surface area (Å²) in [4.78, 5) is 35.9. The number of hydrogen-bond acceptors (Lipinski definition) is 6. The number of carbonyl (C=O) groups excluding carboxylic acids is 2. The van der Waals surface area contributed by atoms with E-state index in [1.54, 1.807) is 32.3 Å². The minimum absolute atomic E-state index is 0.00989. The van der Waals surface area contributed by atoms with Gasteiger partial charge in [0.1, 0.15) is 16.6 Å². The second-order valence-electron chi connectivity index (χ2n) is 7.71. The van der Waals surface area contributed by atoms with Crippen LogP contribution in [0.25, 0.3) is 32.7 Å². The zero-order chi connectivity index (χ0) is 23.8. The van der Waals surface area contributed by atoms with E-state index in [9.17, 15) is 14.9 Å². The van der Waals surface area contributed by atoms with E-state index in [2.05, 4.69) is 4.98 Å². The van der Waals surface area contributed by atoms with Gasteiger partial charge in [-0.25, -0.2) is 4.98 Å². The summed E-state index contributed by atoms with van der Waals surface area (Å²) in [6.45, 7) is 3.55. The van der Waals surface area contributed by atoms with Gasteiger partial charge in [-0.05, 0) is 55.8 Å². The first-order valence-corrected chi connectivity index (χ1v) is 11.5. The van der Waals surface area contributed by atoms with Crippen molar-refractivity contribution in [2.24, 2.45) is 0 Å². The minimum atomic E-state index is -0.549. The molecule has 0 aliphatic carbocycles. The maximum Gasteiger partial charge on any atom is 0.271 e. The number of amides is 2. The Kier molecular flexibility index (Phi) is 5.40. The Morgan fingerprint density at radius 1 is 1.12 bits per heavy atom. The summed E-state index contributed by atoms with van der Waals surface area (Å²) in [5, 5.41) is 10.4. The molecule has 5 rings (SSSR count). The second kappa shape index (κ2) is 8.54. The van der Waals surface area contributed by atoms with Crippen molar-refractivity contribution >= 4 is 39.6 Å². The third-order valence-electron chi connectivity index (χ3n) is 5.74. The van der Waals surface area contributed by atoms with Gasteiger partial charge in [0.2, 0.25) is 0 Å². The third kappa shape index (κ3) is 3.43. The van der Waals surface area contributed by atoms with Crippen LogP contribution < -0.4 is 0 Å². The Hall–Kier alpha value is -4.35. The number of imide groups is 1. The van der Waals surface area contributed by atoms with Gasteiger partial charge >= 0.3 is 0 Å². The molecule has 4 aromatic rings. The first-order chi connectivity index (χ1) is 16.5. The lowest BCUT2D eigenvalue weighted by Gasteiger charge is -2.26. The maximum absolute atomic E-state index is 13.1. The molecule has 0 spiro atoms. The lowest BCUT2D eigenvalue weighted by Crippen LogP contribution is -2.42. The van der Waals surface area contributed by atoms with Crippen LogP contribution in [-0.4, -0.2) is 37.8 Å². The van der Waals surface area contributed by atoms with Gasteiger partial charge in [-0.1, -0.05) is 18.2 Å². The molecule has 0 N–H and O–H groups in total. The predicted molar refractivity (Wildman–Crippen MR) is 131 cm³/mol. The lowest BCUT2D eigenvalue weighted by molar-refractivity contribution is -0.140. The van der Waals surface area contributed by atoms with Gasteiger partial charge in [0, 0.05) is 41.5 Å². The molecular weight excluding hydrogens is 446 g/mol. The van der Waals surface area contributed by atoms with E-state index < -0.39 is 11.8 Å². The quantitative estimate of drug-likeness (QED) is 0.320. The van der Waals surface area contributed by atoms with Gasteiger partial charge in [0.05, 0.1) is 4.70 Å². The maximum atomic E-state index is 13.1. The van der Waals surface area contributed by atoms with Gasteiger partial charge in [0.15, 0.2) is 5.65 Å². The normalized spacial score (nSPS) is 15.4. The molecule has 2 amide bonds. The molecule has 4 heterocycles. The molecule has 7 nitrogen and oxygen atoms in total. The fraction of sp³-hybridized carbons (Fsp3) is 0.115. The van der Waals surface area contributed by atoms with E-state index in [1.807, 2.05) is 59.2 Å². The first-order valence-electron chi connectivity index (χ1n) is 10.7. The van der Waals surface area contributed by atoms with Crippen molar-refractivity contribution in [2.45, 2.75) is 13.8 Å². The van der Waals surface area contributed by atoms with Gasteiger partial charge in [0.25, 0.3) is 11.8 Å². The molecule has 3 aromatic heterocycles. The summed E-state index contributed by atoms with van der Waals surface area (Å²) in [5.41, 5.74) is 4.02. The number of fused-ring (bicyclic) bond motifs is 1. The van der Waals surface area contributed by atoms with Crippen LogP contribution in [0.4, 0.5) is 0 Å². The lowest BCUT2D eigenvalue weighted by atomic mass is 9.94. The highest BCUT2D eigenvalue weighted by Gasteiger charge is 2.34. The molecule has 1 aliphatic rings. The zero-order valence-corrected chi connectivity index (χ0v) is 19.3. The number of nitriles is 1. The van der Waals surface area contributed by atoms with Crippen LogP contribution >= 0.6 is 11.3 Å². The number of pyridine rings is 1. The molecule has 0 saturated carbocycles. The van der Waals surface area contributed by atoms with E-state index in [0.717, 1.165) is 37.2 Å². The van der Waals surface area contributed by atoms with Gasteiger partial charge in [-0.2, -0.15) is 5.26 Å². The highest BCUT2D eigenvalue weighted by atomic mass is 32.1. The molecule has 1 aromatic carbocycles. The average Bonchev–Trinajstić information content (AvgIpc) is 3.41. The summed E-state index contributed by atoms with van der Waals surface area (Å²) < 4.78 is 2.93. The fourth-order valence-electron chi connectivity index (χ4n) is 4.03. The Morgan fingerprint density at radius 3 is 2.59 bits per heavy atom. The van der Waals surface area contributed by atoms with Crippen LogP contribution in [0.1, 0.15) is 19.5 Å². The van der Waals surface area contributed by atoms with Gasteiger partial charge < -0.3 is 0 Å². The smallest absolute Gasteiger partial charge is 0.271 e. The molecule has 166 valence electrons. The average molecular weight is 466 g/mol. The molecule has 1 aliphatic heterocycles. The largest absolute Gasteiger partial charge is 0.294 e. The molecule has 8 heteroatoms. The number of para-hydroxylation sites is 1. The first kappa shape index (κ1) is 21.5. The molecule has 0 atom stereocenters. The van der Waals surface area contributed by atoms with Crippen molar-refractivity contribution in [3.05, 3.63) is 83.3 Å². The van der Waals surface area contributed by atoms with Crippen molar-refractivity contribution in [3.63, 3.8) is 0 Å². The molecule has 0 saturated heterocycles. The summed E-state index contributed by atoms with van der Waals surface area (Å²) in [5.74, 6) is -0.955. The van der Waals surface area contributed by atoms with Crippen molar-refractivity contribution in [1.82, 2.24) is 19.4 Å². The van der Waals surface area contributed by atoms with E-state index in [4.69, 9.17) is 4.98 Å². The predicted octanol–water partition coefficient (Wildman–Crippen LogP) is 4.76. The number of rotatable bonds is 4. The summed E-state index contributed by atoms with van der Waals surface area (Å²) in [6, 6.07) is 17.5. The van der Waals surface area contributed by atoms with Crippen LogP contribution in [0.2, 0.25) is 0 Å². The topological polar surface area (TPSA) is 91.9 Å². The summed E-state index contributed by atoms with van der Waals surface area (Å²) in [7, 11) is 0. The molecule has 0 unspecified atom stereocenters. The number of likely N-dealkylation sites (N-methyl/N-ethyl adjacent to an activating group) is 1. The summed E-state index contributed by atoms with van der Waals surface area (Å²) in [6.07, 6.45) is 5.25. The third-order valence-corrected chi connectivity index (χ3v) is 6.78. The minimum Gasteiger partial charge on any atom is -0.294 e. The number of aromatic nitrogens is 3. The van der Waals surface area contributed by atoms with Gasteiger partial charge in [-0.15, -0.1) is 11.3 Å². The highest BCUT2D eigenvalue weighted by molar-refractivity contribution is 7.21. The molecule has 0 radical (unpaired) electrons. The van der Waals surface area contributed by atoms with Crippen LogP contribution in [0.15, 0.2) is 77.6 Å². The van der Waals surface area contributed by atoms with E-state index in [0.29, 0.717) is 11.1 Å². The molecular formula is C26H19N5O2S. The SMILES string of the molecule is CCN1C(=O)C(C#N)=C(C)/C(=C/c2cc3sc(-c4cccnc4)nc3n2-c2ccccc2)C1=O. The number of benzene rings is 1. The van der Waals surface area contributed by atoms with E-state index >= 15 is 0 Å². The number of nitrogens with zero attached hydrogens (tertiary/aromatic N) is 5. The Balaban J connectivity index is 1.74.